The van der Waals surface area contributed by atoms with E-state index in [4.69, 9.17) is 5.11 Å². The fraction of sp³-hybridized carbons (Fsp3) is 0.583. The fourth-order valence-electron chi connectivity index (χ4n) is 2.20. The Labute approximate surface area is 106 Å². The predicted octanol–water partition coefficient (Wildman–Crippen LogP) is 0.704. The molecule has 0 bridgehead atoms. The van der Waals surface area contributed by atoms with Gasteiger partial charge in [-0.15, -0.1) is 0 Å². The first-order chi connectivity index (χ1) is 8.49. The highest BCUT2D eigenvalue weighted by Gasteiger charge is 2.27. The normalized spacial score (nSPS) is 25.2. The SMILES string of the molecule is CC1CN(c2cncc(C(=O)O)n2)CC(C)N1C. The van der Waals surface area contributed by atoms with E-state index in [1.807, 2.05) is 0 Å². The Bertz CT molecular complexity index is 439. The highest BCUT2D eigenvalue weighted by Crippen LogP contribution is 2.19. The van der Waals surface area contributed by atoms with Crippen molar-refractivity contribution in [2.75, 3.05) is 25.0 Å². The van der Waals surface area contributed by atoms with Gasteiger partial charge in [-0.1, -0.05) is 0 Å². The molecule has 1 aliphatic heterocycles. The third-order valence-corrected chi connectivity index (χ3v) is 3.52. The fourth-order valence-corrected chi connectivity index (χ4v) is 2.20. The van der Waals surface area contributed by atoms with Gasteiger partial charge in [0.05, 0.1) is 12.4 Å². The monoisotopic (exact) mass is 250 g/mol. The largest absolute Gasteiger partial charge is 0.476 e. The van der Waals surface area contributed by atoms with Crippen LogP contribution in [0.1, 0.15) is 24.3 Å². The average molecular weight is 250 g/mol. The number of aromatic nitrogens is 2. The molecule has 1 aromatic rings. The van der Waals surface area contributed by atoms with Gasteiger partial charge in [-0.05, 0) is 20.9 Å². The minimum absolute atomic E-state index is 0.00765. The van der Waals surface area contributed by atoms with E-state index in [1.165, 1.54) is 6.20 Å². The van der Waals surface area contributed by atoms with E-state index < -0.39 is 5.97 Å². The van der Waals surface area contributed by atoms with Gasteiger partial charge in [0, 0.05) is 25.2 Å². The maximum absolute atomic E-state index is 10.9. The summed E-state index contributed by atoms with van der Waals surface area (Å²) < 4.78 is 0. The van der Waals surface area contributed by atoms with E-state index in [2.05, 4.69) is 40.7 Å². The quantitative estimate of drug-likeness (QED) is 0.833. The van der Waals surface area contributed by atoms with Crippen LogP contribution < -0.4 is 4.90 Å². The van der Waals surface area contributed by atoms with Crippen molar-refractivity contribution in [3.8, 4) is 0 Å². The predicted molar refractivity (Wildman–Crippen MR) is 67.9 cm³/mol. The summed E-state index contributed by atoms with van der Waals surface area (Å²) in [5.41, 5.74) is -0.00765. The molecular formula is C12H18N4O2. The molecule has 0 aromatic carbocycles. The molecule has 98 valence electrons. The number of aromatic carboxylic acids is 1. The van der Waals surface area contributed by atoms with Crippen LogP contribution in [0.4, 0.5) is 5.82 Å². The number of carboxylic acid groups (broad SMARTS) is 1. The van der Waals surface area contributed by atoms with Crippen molar-refractivity contribution in [1.82, 2.24) is 14.9 Å². The zero-order valence-corrected chi connectivity index (χ0v) is 10.9. The van der Waals surface area contributed by atoms with Gasteiger partial charge in [0.15, 0.2) is 5.69 Å². The minimum atomic E-state index is -1.04. The van der Waals surface area contributed by atoms with Crippen molar-refractivity contribution in [2.24, 2.45) is 0 Å². The first kappa shape index (κ1) is 12.8. The van der Waals surface area contributed by atoms with Crippen LogP contribution in [0, 0.1) is 0 Å². The first-order valence-corrected chi connectivity index (χ1v) is 6.01. The molecule has 0 amide bonds. The van der Waals surface area contributed by atoms with Crippen molar-refractivity contribution >= 4 is 11.8 Å². The molecule has 1 fully saturated rings. The number of rotatable bonds is 2. The van der Waals surface area contributed by atoms with Crippen LogP contribution >= 0.6 is 0 Å². The average Bonchev–Trinajstić information content (AvgIpc) is 2.35. The van der Waals surface area contributed by atoms with Crippen LogP contribution in [0.3, 0.4) is 0 Å². The van der Waals surface area contributed by atoms with Gasteiger partial charge < -0.3 is 10.0 Å². The van der Waals surface area contributed by atoms with Gasteiger partial charge in [-0.25, -0.2) is 9.78 Å². The van der Waals surface area contributed by atoms with Crippen LogP contribution in [0.5, 0.6) is 0 Å². The van der Waals surface area contributed by atoms with Crippen LogP contribution in [0.2, 0.25) is 0 Å². The molecule has 2 atom stereocenters. The molecule has 6 heteroatoms. The Kier molecular flexibility index (Phi) is 3.47. The lowest BCUT2D eigenvalue weighted by molar-refractivity contribution is 0.0690. The van der Waals surface area contributed by atoms with E-state index in [-0.39, 0.29) is 5.69 Å². The van der Waals surface area contributed by atoms with E-state index in [9.17, 15) is 4.79 Å². The van der Waals surface area contributed by atoms with Gasteiger partial charge in [-0.3, -0.25) is 9.88 Å². The zero-order chi connectivity index (χ0) is 13.3. The highest BCUT2D eigenvalue weighted by atomic mass is 16.4. The van der Waals surface area contributed by atoms with E-state index in [0.717, 1.165) is 13.1 Å². The number of hydrogen-bond acceptors (Lipinski definition) is 5. The number of likely N-dealkylation sites (N-methyl/N-ethyl adjacent to an activating group) is 1. The summed E-state index contributed by atoms with van der Waals surface area (Å²) in [5.74, 6) is -0.402. The minimum Gasteiger partial charge on any atom is -0.476 e. The van der Waals surface area contributed by atoms with Gasteiger partial charge in [0.1, 0.15) is 5.82 Å². The number of anilines is 1. The second-order valence-corrected chi connectivity index (χ2v) is 4.84. The highest BCUT2D eigenvalue weighted by molar-refractivity contribution is 5.85. The molecule has 2 rings (SSSR count). The van der Waals surface area contributed by atoms with Crippen molar-refractivity contribution in [3.05, 3.63) is 18.1 Å². The topological polar surface area (TPSA) is 69.6 Å². The Morgan fingerprint density at radius 2 is 1.94 bits per heavy atom. The molecule has 2 heterocycles. The Morgan fingerprint density at radius 3 is 2.50 bits per heavy atom. The van der Waals surface area contributed by atoms with Gasteiger partial charge in [0.2, 0.25) is 0 Å². The Hall–Kier alpha value is -1.69. The van der Waals surface area contributed by atoms with Gasteiger partial charge >= 0.3 is 5.97 Å². The summed E-state index contributed by atoms with van der Waals surface area (Å²) in [6, 6.07) is 0.813. The van der Waals surface area contributed by atoms with Crippen molar-refractivity contribution in [3.63, 3.8) is 0 Å². The summed E-state index contributed by atoms with van der Waals surface area (Å²) in [6.07, 6.45) is 2.89. The summed E-state index contributed by atoms with van der Waals surface area (Å²) >= 11 is 0. The van der Waals surface area contributed by atoms with Gasteiger partial charge in [-0.2, -0.15) is 0 Å². The Balaban J connectivity index is 2.21. The number of carbonyl (C=O) groups is 1. The van der Waals surface area contributed by atoms with Crippen molar-refractivity contribution in [1.29, 1.82) is 0 Å². The standard InChI is InChI=1S/C12H18N4O2/c1-8-6-16(7-9(2)15(8)3)11-5-13-4-10(14-11)12(17)18/h4-5,8-9H,6-7H2,1-3H3,(H,17,18). The molecule has 1 aromatic heterocycles. The molecule has 6 nitrogen and oxygen atoms in total. The third-order valence-electron chi connectivity index (χ3n) is 3.52. The lowest BCUT2D eigenvalue weighted by Crippen LogP contribution is -2.55. The second kappa shape index (κ2) is 4.89. The summed E-state index contributed by atoms with van der Waals surface area (Å²) in [4.78, 5) is 23.4. The van der Waals surface area contributed by atoms with E-state index in [1.54, 1.807) is 6.20 Å². The van der Waals surface area contributed by atoms with Crippen LogP contribution in [-0.2, 0) is 0 Å². The molecule has 2 unspecified atom stereocenters. The molecule has 0 aliphatic carbocycles. The smallest absolute Gasteiger partial charge is 0.356 e. The first-order valence-electron chi connectivity index (χ1n) is 6.01. The lowest BCUT2D eigenvalue weighted by Gasteiger charge is -2.42. The van der Waals surface area contributed by atoms with Crippen molar-refractivity contribution in [2.45, 2.75) is 25.9 Å². The number of hydrogen-bond donors (Lipinski definition) is 1. The molecule has 18 heavy (non-hydrogen) atoms. The van der Waals surface area contributed by atoms with Crippen molar-refractivity contribution < 1.29 is 9.90 Å². The third kappa shape index (κ3) is 2.43. The molecule has 1 saturated heterocycles. The number of nitrogens with zero attached hydrogens (tertiary/aromatic N) is 4. The summed E-state index contributed by atoms with van der Waals surface area (Å²) in [6.45, 7) is 5.96. The molecule has 1 aliphatic rings. The maximum atomic E-state index is 10.9. The lowest BCUT2D eigenvalue weighted by atomic mass is 10.1. The molecule has 0 radical (unpaired) electrons. The van der Waals surface area contributed by atoms with E-state index >= 15 is 0 Å². The Morgan fingerprint density at radius 1 is 1.33 bits per heavy atom. The number of piperazine rings is 1. The van der Waals surface area contributed by atoms with Crippen LogP contribution in [-0.4, -0.2) is 58.2 Å². The molecule has 0 saturated carbocycles. The second-order valence-electron chi connectivity index (χ2n) is 4.84. The summed E-state index contributed by atoms with van der Waals surface area (Å²) in [5, 5.41) is 8.92. The van der Waals surface area contributed by atoms with Gasteiger partial charge in [0.25, 0.3) is 0 Å². The summed E-state index contributed by atoms with van der Waals surface area (Å²) in [7, 11) is 2.10. The number of carboxylic acids is 1. The van der Waals surface area contributed by atoms with Crippen LogP contribution in [0.15, 0.2) is 12.4 Å². The molecule has 1 N–H and O–H groups in total. The maximum Gasteiger partial charge on any atom is 0.356 e. The van der Waals surface area contributed by atoms with E-state index in [0.29, 0.717) is 17.9 Å². The molecular weight excluding hydrogens is 232 g/mol. The zero-order valence-electron chi connectivity index (χ0n) is 10.9. The van der Waals surface area contributed by atoms with Crippen LogP contribution in [0.25, 0.3) is 0 Å². The molecule has 0 spiro atoms.